The molecule has 0 saturated carbocycles. The summed E-state index contributed by atoms with van der Waals surface area (Å²) in [6, 6.07) is 6.35. The number of para-hydroxylation sites is 1. The van der Waals surface area contributed by atoms with Crippen LogP contribution in [0.3, 0.4) is 0 Å². The molecule has 0 bridgehead atoms. The summed E-state index contributed by atoms with van der Waals surface area (Å²) in [5.41, 5.74) is 1.06. The number of hydrogen-bond donors (Lipinski definition) is 0. The van der Waals surface area contributed by atoms with Crippen LogP contribution in [0.4, 0.5) is 5.69 Å². The van der Waals surface area contributed by atoms with Gasteiger partial charge in [0.1, 0.15) is 5.92 Å². The Labute approximate surface area is 126 Å². The van der Waals surface area contributed by atoms with E-state index in [-0.39, 0.29) is 17.4 Å². The molecule has 1 unspecified atom stereocenters. The minimum atomic E-state index is -0.454. The maximum atomic E-state index is 11.9. The van der Waals surface area contributed by atoms with Crippen molar-refractivity contribution in [2.45, 2.75) is 0 Å². The molecule has 3 rings (SSSR count). The summed E-state index contributed by atoms with van der Waals surface area (Å²) in [6.45, 7) is 0. The van der Waals surface area contributed by atoms with Gasteiger partial charge in [0, 0.05) is 6.07 Å². The topological polar surface area (TPSA) is 84.9 Å². The van der Waals surface area contributed by atoms with Gasteiger partial charge < -0.3 is 0 Å². The van der Waals surface area contributed by atoms with Crippen LogP contribution in [-0.4, -0.2) is 22.4 Å². The van der Waals surface area contributed by atoms with Crippen LogP contribution in [-0.2, 0) is 4.79 Å². The van der Waals surface area contributed by atoms with E-state index in [4.69, 9.17) is 0 Å². The normalized spacial score (nSPS) is 19.8. The van der Waals surface area contributed by atoms with E-state index in [9.17, 15) is 14.9 Å². The predicted molar refractivity (Wildman–Crippen MR) is 83.8 cm³/mol. The van der Waals surface area contributed by atoms with Crippen LogP contribution in [0.15, 0.2) is 64.6 Å². The highest BCUT2D eigenvalue weighted by Gasteiger charge is 2.25. The third kappa shape index (κ3) is 2.67. The zero-order chi connectivity index (χ0) is 15.5. The highest BCUT2D eigenvalue weighted by atomic mass is 16.6. The number of nitro benzene ring substituents is 1. The van der Waals surface area contributed by atoms with Crippen LogP contribution in [0.5, 0.6) is 0 Å². The number of nitro groups is 1. The molecule has 0 fully saturated rings. The van der Waals surface area contributed by atoms with Crippen LogP contribution in [0, 0.1) is 16.0 Å². The predicted octanol–water partition coefficient (Wildman–Crippen LogP) is 2.73. The fraction of sp³-hybridized carbons (Fsp3) is 0.0625. The number of nitrogens with zero attached hydrogens (tertiary/aromatic N) is 3. The van der Waals surface area contributed by atoms with Gasteiger partial charge in [-0.05, 0) is 24.3 Å². The molecule has 108 valence electrons. The second-order valence-corrected chi connectivity index (χ2v) is 4.72. The summed E-state index contributed by atoms with van der Waals surface area (Å²) >= 11 is 0. The Morgan fingerprint density at radius 3 is 2.77 bits per heavy atom. The molecule has 0 spiro atoms. The van der Waals surface area contributed by atoms with Gasteiger partial charge in [-0.25, -0.2) is 4.99 Å². The number of rotatable bonds is 3. The molecule has 1 atom stereocenters. The highest BCUT2D eigenvalue weighted by Crippen LogP contribution is 2.20. The van der Waals surface area contributed by atoms with Gasteiger partial charge in [0.25, 0.3) is 11.6 Å². The molecular weight excluding hydrogens is 282 g/mol. The fourth-order valence-electron chi connectivity index (χ4n) is 2.22. The van der Waals surface area contributed by atoms with Crippen molar-refractivity contribution in [2.24, 2.45) is 15.9 Å². The fourth-order valence-corrected chi connectivity index (χ4v) is 2.22. The van der Waals surface area contributed by atoms with Crippen LogP contribution in [0.2, 0.25) is 0 Å². The van der Waals surface area contributed by atoms with Gasteiger partial charge in [-0.15, -0.1) is 0 Å². The Morgan fingerprint density at radius 1 is 1.14 bits per heavy atom. The summed E-state index contributed by atoms with van der Waals surface area (Å²) < 4.78 is 0. The maximum absolute atomic E-state index is 11.9. The number of benzene rings is 1. The lowest BCUT2D eigenvalue weighted by molar-refractivity contribution is -0.385. The van der Waals surface area contributed by atoms with Crippen LogP contribution < -0.4 is 0 Å². The van der Waals surface area contributed by atoms with E-state index in [1.165, 1.54) is 18.2 Å². The number of hydrogen-bond acceptors (Lipinski definition) is 4. The first-order valence-electron chi connectivity index (χ1n) is 6.62. The SMILES string of the molecule is O=C1N=C(/C=C/c2ccccc2[N+](=O)[O-])N=C2C=CC=CC12. The first kappa shape index (κ1) is 13.8. The van der Waals surface area contributed by atoms with Gasteiger partial charge in [0.2, 0.25) is 0 Å². The standard InChI is InChI=1S/C16H11N3O3/c20-16-12-6-2-3-7-13(12)17-15(18-16)10-9-11-5-1-4-8-14(11)19(21)22/h1-10,12H/b10-9+. The molecular formula is C16H11N3O3. The molecule has 22 heavy (non-hydrogen) atoms. The van der Waals surface area contributed by atoms with Crippen molar-refractivity contribution in [1.29, 1.82) is 0 Å². The smallest absolute Gasteiger partial charge is 0.271 e. The monoisotopic (exact) mass is 293 g/mol. The summed E-state index contributed by atoms with van der Waals surface area (Å²) in [6.07, 6.45) is 10.1. The molecule has 0 saturated heterocycles. The zero-order valence-corrected chi connectivity index (χ0v) is 11.4. The summed E-state index contributed by atoms with van der Waals surface area (Å²) in [5, 5.41) is 11.0. The van der Waals surface area contributed by atoms with Gasteiger partial charge in [0.05, 0.1) is 16.2 Å². The average molecular weight is 293 g/mol. The lowest BCUT2D eigenvalue weighted by Gasteiger charge is -2.16. The Balaban J connectivity index is 1.90. The quantitative estimate of drug-likeness (QED) is 0.634. The molecule has 1 aromatic rings. The van der Waals surface area contributed by atoms with Crippen LogP contribution in [0.1, 0.15) is 5.56 Å². The number of allylic oxidation sites excluding steroid dienone is 3. The summed E-state index contributed by atoms with van der Waals surface area (Å²) in [5.74, 6) is -0.463. The Bertz CT molecular complexity index is 801. The molecule has 0 N–H and O–H groups in total. The number of carbonyl (C=O) groups is 1. The number of aliphatic imine (C=N–C) groups is 2. The first-order valence-corrected chi connectivity index (χ1v) is 6.62. The minimum Gasteiger partial charge on any atom is -0.271 e. The molecule has 1 aliphatic heterocycles. The molecule has 1 heterocycles. The zero-order valence-electron chi connectivity index (χ0n) is 11.4. The van der Waals surface area contributed by atoms with Crippen molar-refractivity contribution in [2.75, 3.05) is 0 Å². The third-order valence-corrected chi connectivity index (χ3v) is 3.28. The molecule has 0 radical (unpaired) electrons. The highest BCUT2D eigenvalue weighted by molar-refractivity contribution is 6.23. The van der Waals surface area contributed by atoms with E-state index in [0.717, 1.165) is 0 Å². The van der Waals surface area contributed by atoms with Crippen molar-refractivity contribution in [3.63, 3.8) is 0 Å². The van der Waals surface area contributed by atoms with Gasteiger partial charge in [0.15, 0.2) is 5.84 Å². The van der Waals surface area contributed by atoms with Gasteiger partial charge in [-0.2, -0.15) is 4.99 Å². The number of fused-ring (bicyclic) bond motifs is 1. The van der Waals surface area contributed by atoms with Crippen molar-refractivity contribution in [1.82, 2.24) is 0 Å². The van der Waals surface area contributed by atoms with E-state index < -0.39 is 10.8 Å². The number of carbonyl (C=O) groups excluding carboxylic acids is 1. The van der Waals surface area contributed by atoms with Gasteiger partial charge in [-0.3, -0.25) is 14.9 Å². The van der Waals surface area contributed by atoms with Gasteiger partial charge in [-0.1, -0.05) is 30.4 Å². The summed E-state index contributed by atoms with van der Waals surface area (Å²) in [7, 11) is 0. The van der Waals surface area contributed by atoms with E-state index in [2.05, 4.69) is 9.98 Å². The van der Waals surface area contributed by atoms with Crippen LogP contribution in [0.25, 0.3) is 6.08 Å². The Hall–Kier alpha value is -3.15. The maximum Gasteiger partial charge on any atom is 0.276 e. The molecule has 1 aliphatic carbocycles. The lowest BCUT2D eigenvalue weighted by Crippen LogP contribution is -2.26. The van der Waals surface area contributed by atoms with Crippen molar-refractivity contribution in [3.05, 3.63) is 70.3 Å². The Morgan fingerprint density at radius 2 is 1.95 bits per heavy atom. The third-order valence-electron chi connectivity index (χ3n) is 3.28. The lowest BCUT2D eigenvalue weighted by atomic mass is 9.96. The molecule has 6 heteroatoms. The second kappa shape index (κ2) is 5.69. The van der Waals surface area contributed by atoms with Crippen LogP contribution >= 0.6 is 0 Å². The van der Waals surface area contributed by atoms with Gasteiger partial charge >= 0.3 is 0 Å². The molecule has 1 aromatic carbocycles. The second-order valence-electron chi connectivity index (χ2n) is 4.72. The molecule has 6 nitrogen and oxygen atoms in total. The van der Waals surface area contributed by atoms with Crippen molar-refractivity contribution in [3.8, 4) is 0 Å². The molecule has 0 aromatic heterocycles. The molecule has 2 aliphatic rings. The first-order chi connectivity index (χ1) is 10.6. The number of amides is 1. The van der Waals surface area contributed by atoms with E-state index in [1.807, 2.05) is 0 Å². The van der Waals surface area contributed by atoms with E-state index in [1.54, 1.807) is 42.5 Å². The molecule has 1 amide bonds. The minimum absolute atomic E-state index is 0.00693. The van der Waals surface area contributed by atoms with Crippen molar-refractivity contribution < 1.29 is 9.72 Å². The van der Waals surface area contributed by atoms with E-state index >= 15 is 0 Å². The van der Waals surface area contributed by atoms with E-state index in [0.29, 0.717) is 11.3 Å². The van der Waals surface area contributed by atoms with Crippen molar-refractivity contribution >= 4 is 29.2 Å². The average Bonchev–Trinajstić information content (AvgIpc) is 2.53. The Kier molecular flexibility index (Phi) is 3.57. The number of amidine groups is 1. The largest absolute Gasteiger partial charge is 0.276 e. The summed E-state index contributed by atoms with van der Waals surface area (Å²) in [4.78, 5) is 30.6.